The van der Waals surface area contributed by atoms with Crippen LogP contribution >= 0.6 is 0 Å². The SMILES string of the molecule is CC(C)N(C)C(=O)c1cc(N)c(F)cc1[N+](=O)[O-]. The quantitative estimate of drug-likeness (QED) is 0.506. The Labute approximate surface area is 103 Å². The Hall–Kier alpha value is -2.18. The Morgan fingerprint density at radius 3 is 2.50 bits per heavy atom. The summed E-state index contributed by atoms with van der Waals surface area (Å²) >= 11 is 0. The van der Waals surface area contributed by atoms with Gasteiger partial charge in [0.25, 0.3) is 11.6 Å². The maximum absolute atomic E-state index is 13.2. The van der Waals surface area contributed by atoms with Crippen LogP contribution in [0.3, 0.4) is 0 Å². The van der Waals surface area contributed by atoms with E-state index in [1.54, 1.807) is 13.8 Å². The van der Waals surface area contributed by atoms with E-state index in [1.807, 2.05) is 0 Å². The van der Waals surface area contributed by atoms with Crippen molar-refractivity contribution < 1.29 is 14.1 Å². The number of benzene rings is 1. The van der Waals surface area contributed by atoms with Gasteiger partial charge in [-0.25, -0.2) is 4.39 Å². The second-order valence-corrected chi connectivity index (χ2v) is 4.16. The Morgan fingerprint density at radius 1 is 1.50 bits per heavy atom. The van der Waals surface area contributed by atoms with Gasteiger partial charge in [-0.3, -0.25) is 14.9 Å². The fraction of sp³-hybridized carbons (Fsp3) is 0.364. The van der Waals surface area contributed by atoms with Crippen LogP contribution in [0.4, 0.5) is 15.8 Å². The number of anilines is 1. The zero-order valence-electron chi connectivity index (χ0n) is 10.3. The van der Waals surface area contributed by atoms with Gasteiger partial charge in [0.15, 0.2) is 5.82 Å². The topological polar surface area (TPSA) is 89.5 Å². The summed E-state index contributed by atoms with van der Waals surface area (Å²) in [6, 6.07) is 1.52. The number of halogens is 1. The average molecular weight is 255 g/mol. The van der Waals surface area contributed by atoms with Crippen LogP contribution in [0.1, 0.15) is 24.2 Å². The molecule has 0 unspecified atom stereocenters. The number of hydrogen-bond acceptors (Lipinski definition) is 4. The number of nitro benzene ring substituents is 1. The third kappa shape index (κ3) is 2.55. The third-order valence-electron chi connectivity index (χ3n) is 2.64. The molecule has 0 atom stereocenters. The number of rotatable bonds is 3. The molecule has 0 fully saturated rings. The molecule has 0 aliphatic carbocycles. The fourth-order valence-corrected chi connectivity index (χ4v) is 1.33. The minimum absolute atomic E-state index is 0.136. The van der Waals surface area contributed by atoms with Crippen LogP contribution in [0.25, 0.3) is 0 Å². The summed E-state index contributed by atoms with van der Waals surface area (Å²) in [5, 5.41) is 10.8. The lowest BCUT2D eigenvalue weighted by Crippen LogP contribution is -2.33. The summed E-state index contributed by atoms with van der Waals surface area (Å²) in [6.07, 6.45) is 0. The van der Waals surface area contributed by atoms with Crippen LogP contribution < -0.4 is 5.73 Å². The highest BCUT2D eigenvalue weighted by Gasteiger charge is 2.26. The Balaban J connectivity index is 3.35. The molecule has 98 valence electrons. The average Bonchev–Trinajstić information content (AvgIpc) is 2.29. The number of carbonyl (C=O) groups is 1. The largest absolute Gasteiger partial charge is 0.396 e. The van der Waals surface area contributed by atoms with Crippen molar-refractivity contribution in [1.29, 1.82) is 0 Å². The zero-order valence-corrected chi connectivity index (χ0v) is 10.3. The molecule has 0 saturated heterocycles. The summed E-state index contributed by atoms with van der Waals surface area (Å²) in [5.74, 6) is -1.48. The molecule has 1 aromatic carbocycles. The van der Waals surface area contributed by atoms with E-state index in [9.17, 15) is 19.3 Å². The van der Waals surface area contributed by atoms with Crippen LogP contribution in [0.5, 0.6) is 0 Å². The Bertz CT molecular complexity index is 503. The van der Waals surface area contributed by atoms with E-state index in [4.69, 9.17) is 5.73 Å². The van der Waals surface area contributed by atoms with E-state index in [2.05, 4.69) is 0 Å². The van der Waals surface area contributed by atoms with Crippen LogP contribution in [0.15, 0.2) is 12.1 Å². The van der Waals surface area contributed by atoms with Crippen molar-refractivity contribution in [3.63, 3.8) is 0 Å². The van der Waals surface area contributed by atoms with Crippen molar-refractivity contribution in [1.82, 2.24) is 4.90 Å². The number of hydrogen-bond donors (Lipinski definition) is 1. The first kappa shape index (κ1) is 13.9. The van der Waals surface area contributed by atoms with E-state index in [-0.39, 0.29) is 17.3 Å². The predicted octanol–water partition coefficient (Wildman–Crippen LogP) is 1.80. The van der Waals surface area contributed by atoms with E-state index < -0.39 is 22.3 Å². The molecule has 0 aliphatic rings. The van der Waals surface area contributed by atoms with Crippen LogP contribution in [0.2, 0.25) is 0 Å². The monoisotopic (exact) mass is 255 g/mol. The van der Waals surface area contributed by atoms with E-state index in [0.717, 1.165) is 6.07 Å². The molecule has 0 aliphatic heterocycles. The maximum Gasteiger partial charge on any atom is 0.285 e. The van der Waals surface area contributed by atoms with Crippen LogP contribution in [-0.4, -0.2) is 28.8 Å². The molecule has 0 heterocycles. The van der Waals surface area contributed by atoms with Gasteiger partial charge in [-0.15, -0.1) is 0 Å². The highest BCUT2D eigenvalue weighted by atomic mass is 19.1. The number of amides is 1. The molecule has 18 heavy (non-hydrogen) atoms. The second kappa shape index (κ2) is 4.99. The molecule has 0 spiro atoms. The molecule has 0 radical (unpaired) electrons. The summed E-state index contributed by atoms with van der Waals surface area (Å²) in [4.78, 5) is 23.3. The summed E-state index contributed by atoms with van der Waals surface area (Å²) in [5.41, 5.74) is 4.25. The van der Waals surface area contributed by atoms with E-state index in [1.165, 1.54) is 11.9 Å². The van der Waals surface area contributed by atoms with Crippen molar-refractivity contribution in [3.05, 3.63) is 33.6 Å². The van der Waals surface area contributed by atoms with Gasteiger partial charge < -0.3 is 10.6 Å². The zero-order chi connectivity index (χ0) is 14.0. The van der Waals surface area contributed by atoms with Crippen LogP contribution in [-0.2, 0) is 0 Å². The van der Waals surface area contributed by atoms with Gasteiger partial charge in [0.2, 0.25) is 0 Å². The summed E-state index contributed by atoms with van der Waals surface area (Å²) in [7, 11) is 1.51. The van der Waals surface area contributed by atoms with Crippen molar-refractivity contribution in [2.75, 3.05) is 12.8 Å². The minimum atomic E-state index is -0.912. The summed E-state index contributed by atoms with van der Waals surface area (Å²) in [6.45, 7) is 3.52. The van der Waals surface area contributed by atoms with Crippen molar-refractivity contribution in [3.8, 4) is 0 Å². The van der Waals surface area contributed by atoms with E-state index in [0.29, 0.717) is 6.07 Å². The lowest BCUT2D eigenvalue weighted by molar-refractivity contribution is -0.385. The number of nitrogens with zero attached hydrogens (tertiary/aromatic N) is 2. The highest BCUT2D eigenvalue weighted by molar-refractivity contribution is 5.99. The first-order valence-corrected chi connectivity index (χ1v) is 5.26. The van der Waals surface area contributed by atoms with Crippen molar-refractivity contribution in [2.24, 2.45) is 0 Å². The molecule has 1 rings (SSSR count). The molecule has 1 aromatic rings. The number of nitro groups is 1. The van der Waals surface area contributed by atoms with Crippen molar-refractivity contribution in [2.45, 2.75) is 19.9 Å². The van der Waals surface area contributed by atoms with Gasteiger partial charge in [0.05, 0.1) is 16.7 Å². The van der Waals surface area contributed by atoms with Gasteiger partial charge in [0, 0.05) is 13.1 Å². The molecule has 0 aromatic heterocycles. The first-order valence-electron chi connectivity index (χ1n) is 5.26. The minimum Gasteiger partial charge on any atom is -0.396 e. The highest BCUT2D eigenvalue weighted by Crippen LogP contribution is 2.25. The Kier molecular flexibility index (Phi) is 3.85. The standard InChI is InChI=1S/C11H14FN3O3/c1-6(2)14(3)11(16)7-4-9(13)8(12)5-10(7)15(17)18/h4-6H,13H2,1-3H3. The molecule has 6 nitrogen and oxygen atoms in total. The molecule has 0 bridgehead atoms. The number of carbonyl (C=O) groups excluding carboxylic acids is 1. The normalized spacial score (nSPS) is 10.5. The smallest absolute Gasteiger partial charge is 0.285 e. The fourth-order valence-electron chi connectivity index (χ4n) is 1.33. The first-order chi connectivity index (χ1) is 8.25. The van der Waals surface area contributed by atoms with Gasteiger partial charge in [-0.05, 0) is 19.9 Å². The molecule has 2 N–H and O–H groups in total. The summed E-state index contributed by atoms with van der Waals surface area (Å²) < 4.78 is 13.2. The Morgan fingerprint density at radius 2 is 2.06 bits per heavy atom. The van der Waals surface area contributed by atoms with Gasteiger partial charge in [0.1, 0.15) is 5.56 Å². The second-order valence-electron chi connectivity index (χ2n) is 4.16. The molecule has 7 heteroatoms. The molecule has 1 amide bonds. The lowest BCUT2D eigenvalue weighted by atomic mass is 10.1. The number of nitrogens with two attached hydrogens (primary N) is 1. The predicted molar refractivity (Wildman–Crippen MR) is 64.7 cm³/mol. The van der Waals surface area contributed by atoms with Crippen LogP contribution in [0, 0.1) is 15.9 Å². The van der Waals surface area contributed by atoms with Gasteiger partial charge >= 0.3 is 0 Å². The number of nitrogen functional groups attached to an aromatic ring is 1. The lowest BCUT2D eigenvalue weighted by Gasteiger charge is -2.21. The van der Waals surface area contributed by atoms with Gasteiger partial charge in [-0.1, -0.05) is 0 Å². The van der Waals surface area contributed by atoms with E-state index >= 15 is 0 Å². The maximum atomic E-state index is 13.2. The van der Waals surface area contributed by atoms with Gasteiger partial charge in [-0.2, -0.15) is 0 Å². The molecular formula is C11H14FN3O3. The molecule has 0 saturated carbocycles. The third-order valence-corrected chi connectivity index (χ3v) is 2.64. The van der Waals surface area contributed by atoms with Crippen molar-refractivity contribution >= 4 is 17.3 Å². The molecular weight excluding hydrogens is 241 g/mol.